The molecule has 0 bridgehead atoms. The van der Waals surface area contributed by atoms with E-state index in [1.165, 1.54) is 59.5 Å². The van der Waals surface area contributed by atoms with Gasteiger partial charge in [0.15, 0.2) is 0 Å². The lowest BCUT2D eigenvalue weighted by Crippen LogP contribution is -2.37. The highest BCUT2D eigenvalue weighted by Crippen LogP contribution is 2.35. The maximum Gasteiger partial charge on any atom is 0.0775 e. The first-order valence-corrected chi connectivity index (χ1v) is 13.4. The van der Waals surface area contributed by atoms with E-state index in [9.17, 15) is 0 Å². The summed E-state index contributed by atoms with van der Waals surface area (Å²) in [4.78, 5) is 0. The number of unbranched alkanes of at least 4 members (excludes halogenated alkanes) is 3. The number of fused-ring (bicyclic) bond motifs is 1. The first-order chi connectivity index (χ1) is 12.0. The van der Waals surface area contributed by atoms with E-state index in [1.54, 1.807) is 5.57 Å². The Morgan fingerprint density at radius 1 is 0.880 bits per heavy atom. The van der Waals surface area contributed by atoms with Crippen LogP contribution in [0.25, 0.3) is 17.2 Å². The molecule has 0 fully saturated rings. The van der Waals surface area contributed by atoms with Gasteiger partial charge >= 0.3 is 0 Å². The normalized spacial score (nSPS) is 13.7. The molecule has 3 rings (SSSR count). The van der Waals surface area contributed by atoms with Crippen molar-refractivity contribution in [3.8, 4) is 11.1 Å². The summed E-state index contributed by atoms with van der Waals surface area (Å²) in [6, 6.07) is 16.2. The van der Waals surface area contributed by atoms with Crippen molar-refractivity contribution in [2.75, 3.05) is 0 Å². The predicted molar refractivity (Wildman–Crippen MR) is 115 cm³/mol. The third kappa shape index (κ3) is 4.33. The second-order valence-electron chi connectivity index (χ2n) is 8.50. The molecule has 2 aromatic rings. The van der Waals surface area contributed by atoms with Gasteiger partial charge in [-0.3, -0.25) is 0 Å². The summed E-state index contributed by atoms with van der Waals surface area (Å²) in [7, 11) is -1.22. The SMILES string of the molecule is CCCCCCC1=Cc2c(cccc2-c2ccc([Si](C)(C)C)cc2)C1. The van der Waals surface area contributed by atoms with Crippen molar-refractivity contribution in [3.63, 3.8) is 0 Å². The molecule has 0 saturated heterocycles. The number of allylic oxidation sites excluding steroid dienone is 1. The Kier molecular flexibility index (Phi) is 5.63. The van der Waals surface area contributed by atoms with Crippen LogP contribution >= 0.6 is 0 Å². The Bertz CT molecular complexity index is 745. The monoisotopic (exact) mass is 348 g/mol. The van der Waals surface area contributed by atoms with E-state index < -0.39 is 8.07 Å². The molecule has 25 heavy (non-hydrogen) atoms. The van der Waals surface area contributed by atoms with E-state index in [0.29, 0.717) is 0 Å². The van der Waals surface area contributed by atoms with Gasteiger partial charge in [0.2, 0.25) is 0 Å². The van der Waals surface area contributed by atoms with Gasteiger partial charge in [0.25, 0.3) is 0 Å². The van der Waals surface area contributed by atoms with Crippen LogP contribution in [0.5, 0.6) is 0 Å². The number of benzene rings is 2. The molecule has 0 nitrogen and oxygen atoms in total. The van der Waals surface area contributed by atoms with Gasteiger partial charge in [-0.1, -0.05) is 105 Å². The molecular weight excluding hydrogens is 316 g/mol. The molecule has 2 aromatic carbocycles. The summed E-state index contributed by atoms with van der Waals surface area (Å²) in [5.74, 6) is 0. The van der Waals surface area contributed by atoms with Gasteiger partial charge in [0, 0.05) is 0 Å². The molecule has 0 unspecified atom stereocenters. The second-order valence-corrected chi connectivity index (χ2v) is 13.6. The molecule has 0 aromatic heterocycles. The Morgan fingerprint density at radius 2 is 1.64 bits per heavy atom. The fraction of sp³-hybridized carbons (Fsp3) is 0.417. The van der Waals surface area contributed by atoms with Gasteiger partial charge < -0.3 is 0 Å². The molecular formula is C24H32Si. The van der Waals surface area contributed by atoms with Crippen molar-refractivity contribution in [1.29, 1.82) is 0 Å². The molecule has 0 atom stereocenters. The van der Waals surface area contributed by atoms with Crippen LogP contribution in [0.2, 0.25) is 19.6 Å². The number of hydrogen-bond acceptors (Lipinski definition) is 0. The summed E-state index contributed by atoms with van der Waals surface area (Å²) in [6.07, 6.45) is 10.3. The first-order valence-electron chi connectivity index (χ1n) is 9.91. The molecule has 0 saturated carbocycles. The summed E-state index contributed by atoms with van der Waals surface area (Å²) in [5, 5.41) is 1.54. The maximum atomic E-state index is 2.48. The van der Waals surface area contributed by atoms with E-state index in [4.69, 9.17) is 0 Å². The van der Waals surface area contributed by atoms with E-state index in [-0.39, 0.29) is 0 Å². The van der Waals surface area contributed by atoms with Crippen molar-refractivity contribution in [1.82, 2.24) is 0 Å². The fourth-order valence-electron chi connectivity index (χ4n) is 3.78. The lowest BCUT2D eigenvalue weighted by molar-refractivity contribution is 0.662. The van der Waals surface area contributed by atoms with E-state index >= 15 is 0 Å². The smallest absolute Gasteiger partial charge is 0.0656 e. The molecule has 1 aliphatic rings. The highest BCUT2D eigenvalue weighted by molar-refractivity contribution is 6.88. The Labute approximate surface area is 155 Å². The zero-order chi connectivity index (χ0) is 17.9. The first kappa shape index (κ1) is 18.2. The Hall–Kier alpha value is -1.60. The Balaban J connectivity index is 1.81. The van der Waals surface area contributed by atoms with Gasteiger partial charge in [0.05, 0.1) is 8.07 Å². The van der Waals surface area contributed by atoms with Crippen molar-refractivity contribution in [2.24, 2.45) is 0 Å². The average molecular weight is 349 g/mol. The minimum atomic E-state index is -1.22. The molecule has 0 N–H and O–H groups in total. The van der Waals surface area contributed by atoms with Crippen LogP contribution in [0.4, 0.5) is 0 Å². The standard InChI is InChI=1S/C24H32Si/c1-5-6-7-8-10-19-17-21-11-9-12-23(24(21)18-19)20-13-15-22(16-14-20)25(2,3)4/h9,11-16,18H,5-8,10,17H2,1-4H3. The summed E-state index contributed by atoms with van der Waals surface area (Å²) >= 11 is 0. The van der Waals surface area contributed by atoms with Crippen molar-refractivity contribution in [2.45, 2.75) is 65.1 Å². The van der Waals surface area contributed by atoms with Gasteiger partial charge in [-0.2, -0.15) is 0 Å². The molecule has 1 heteroatoms. The predicted octanol–water partition coefficient (Wildman–Crippen LogP) is 6.81. The van der Waals surface area contributed by atoms with E-state index in [0.717, 1.165) is 6.42 Å². The van der Waals surface area contributed by atoms with Crippen molar-refractivity contribution < 1.29 is 0 Å². The van der Waals surface area contributed by atoms with Crippen molar-refractivity contribution >= 4 is 19.3 Å². The van der Waals surface area contributed by atoms with Gasteiger partial charge in [-0.15, -0.1) is 0 Å². The van der Waals surface area contributed by atoms with E-state index in [2.05, 4.69) is 75.1 Å². The highest BCUT2D eigenvalue weighted by atomic mass is 28.3. The summed E-state index contributed by atoms with van der Waals surface area (Å²) in [6.45, 7) is 9.52. The Morgan fingerprint density at radius 3 is 2.32 bits per heavy atom. The highest BCUT2D eigenvalue weighted by Gasteiger charge is 2.18. The molecule has 132 valence electrons. The van der Waals surface area contributed by atoms with Crippen LogP contribution in [0.1, 0.15) is 50.2 Å². The van der Waals surface area contributed by atoms with Crippen LogP contribution in [0, 0.1) is 0 Å². The quantitative estimate of drug-likeness (QED) is 0.381. The van der Waals surface area contributed by atoms with E-state index in [1.807, 2.05) is 0 Å². The summed E-state index contributed by atoms with van der Waals surface area (Å²) in [5.41, 5.74) is 7.37. The minimum absolute atomic E-state index is 1.16. The average Bonchev–Trinajstić information content (AvgIpc) is 3.01. The van der Waals surface area contributed by atoms with Crippen molar-refractivity contribution in [3.05, 3.63) is 59.2 Å². The third-order valence-electron chi connectivity index (χ3n) is 5.38. The fourth-order valence-corrected chi connectivity index (χ4v) is 4.94. The zero-order valence-corrected chi connectivity index (χ0v) is 17.4. The van der Waals surface area contributed by atoms with Gasteiger partial charge in [0.1, 0.15) is 0 Å². The van der Waals surface area contributed by atoms with Crippen LogP contribution in [0.3, 0.4) is 0 Å². The van der Waals surface area contributed by atoms with Gasteiger partial charge in [-0.05, 0) is 41.5 Å². The van der Waals surface area contributed by atoms with Crippen LogP contribution in [-0.2, 0) is 6.42 Å². The minimum Gasteiger partial charge on any atom is -0.0656 e. The topological polar surface area (TPSA) is 0 Å². The van der Waals surface area contributed by atoms with Crippen LogP contribution in [-0.4, -0.2) is 8.07 Å². The molecule has 0 radical (unpaired) electrons. The molecule has 0 heterocycles. The largest absolute Gasteiger partial charge is 0.0775 e. The summed E-state index contributed by atoms with van der Waals surface area (Å²) < 4.78 is 0. The zero-order valence-electron chi connectivity index (χ0n) is 16.4. The molecule has 0 amide bonds. The molecule has 0 aliphatic heterocycles. The molecule has 0 spiro atoms. The van der Waals surface area contributed by atoms with Gasteiger partial charge in [-0.25, -0.2) is 0 Å². The number of rotatable bonds is 7. The lowest BCUT2D eigenvalue weighted by atomic mass is 9.97. The van der Waals surface area contributed by atoms with Crippen LogP contribution < -0.4 is 5.19 Å². The third-order valence-corrected chi connectivity index (χ3v) is 7.44. The maximum absolute atomic E-state index is 2.48. The van der Waals surface area contributed by atoms with Crippen LogP contribution in [0.15, 0.2) is 48.0 Å². The number of hydrogen-bond donors (Lipinski definition) is 0. The molecule has 1 aliphatic carbocycles. The second kappa shape index (κ2) is 7.74. The lowest BCUT2D eigenvalue weighted by Gasteiger charge is -2.17.